The van der Waals surface area contributed by atoms with Crippen LogP contribution in [-0.4, -0.2) is 31.6 Å². The molecule has 0 heterocycles. The number of rotatable bonds is 7. The Labute approximate surface area is 124 Å². The zero-order valence-corrected chi connectivity index (χ0v) is 12.6. The van der Waals surface area contributed by atoms with Crippen LogP contribution in [0.3, 0.4) is 0 Å². The summed E-state index contributed by atoms with van der Waals surface area (Å²) >= 11 is 0. The first kappa shape index (κ1) is 17.0. The van der Waals surface area contributed by atoms with Crippen LogP contribution in [0.15, 0.2) is 24.3 Å². The molecule has 2 amide bonds. The lowest BCUT2D eigenvalue weighted by Crippen LogP contribution is -2.44. The van der Waals surface area contributed by atoms with Gasteiger partial charge >= 0.3 is 0 Å². The molecule has 0 saturated carbocycles. The van der Waals surface area contributed by atoms with Gasteiger partial charge in [-0.25, -0.2) is 0 Å². The summed E-state index contributed by atoms with van der Waals surface area (Å²) in [7, 11) is 1.52. The molecule has 0 saturated heterocycles. The molecular formula is C15H22N2O4. The number of amides is 2. The Morgan fingerprint density at radius 1 is 1.19 bits per heavy atom. The van der Waals surface area contributed by atoms with Crippen molar-refractivity contribution in [3.05, 3.63) is 29.8 Å². The third kappa shape index (κ3) is 6.27. The lowest BCUT2D eigenvalue weighted by Gasteiger charge is -2.12. The van der Waals surface area contributed by atoms with Crippen LogP contribution in [0.2, 0.25) is 0 Å². The molecule has 0 fully saturated rings. The van der Waals surface area contributed by atoms with Gasteiger partial charge in [0.2, 0.25) is 5.91 Å². The second-order valence-electron chi connectivity index (χ2n) is 4.60. The minimum atomic E-state index is -0.417. The van der Waals surface area contributed by atoms with Crippen molar-refractivity contribution in [3.63, 3.8) is 0 Å². The number of carbonyl (C=O) groups is 2. The maximum atomic E-state index is 11.6. The van der Waals surface area contributed by atoms with Crippen LogP contribution in [0.1, 0.15) is 25.8 Å². The smallest absolute Gasteiger partial charge is 0.276 e. The monoisotopic (exact) mass is 294 g/mol. The number of nitrogens with one attached hydrogen (secondary N) is 2. The number of aryl methyl sites for hydroxylation is 1. The molecule has 1 rings (SSSR count). The Kier molecular flexibility index (Phi) is 7.25. The summed E-state index contributed by atoms with van der Waals surface area (Å²) in [4.78, 5) is 23.0. The Balaban J connectivity index is 2.33. The van der Waals surface area contributed by atoms with E-state index in [0.29, 0.717) is 5.75 Å². The van der Waals surface area contributed by atoms with Crippen LogP contribution in [0.5, 0.6) is 5.75 Å². The number of para-hydroxylation sites is 1. The molecule has 1 atom stereocenters. The Bertz CT molecular complexity index is 476. The molecule has 0 aliphatic rings. The van der Waals surface area contributed by atoms with E-state index in [-0.39, 0.29) is 25.0 Å². The predicted molar refractivity (Wildman–Crippen MR) is 78.7 cm³/mol. The highest BCUT2D eigenvalue weighted by molar-refractivity contribution is 5.82. The second-order valence-corrected chi connectivity index (χ2v) is 4.60. The van der Waals surface area contributed by atoms with Gasteiger partial charge in [-0.1, -0.05) is 25.1 Å². The fraction of sp³-hybridized carbons (Fsp3) is 0.467. The fourth-order valence-corrected chi connectivity index (χ4v) is 1.65. The van der Waals surface area contributed by atoms with Gasteiger partial charge in [-0.3, -0.25) is 20.4 Å². The zero-order valence-electron chi connectivity index (χ0n) is 12.6. The van der Waals surface area contributed by atoms with Crippen molar-refractivity contribution >= 4 is 11.8 Å². The SMILES string of the molecule is CCc1ccccc1OCC(=O)NNC(=O)CC(C)OC. The van der Waals surface area contributed by atoms with Crippen molar-refractivity contribution in [2.45, 2.75) is 32.8 Å². The van der Waals surface area contributed by atoms with E-state index in [1.807, 2.05) is 31.2 Å². The zero-order chi connectivity index (χ0) is 15.7. The van der Waals surface area contributed by atoms with Crippen LogP contribution < -0.4 is 15.6 Å². The van der Waals surface area contributed by atoms with E-state index in [9.17, 15) is 9.59 Å². The van der Waals surface area contributed by atoms with E-state index < -0.39 is 5.91 Å². The molecule has 21 heavy (non-hydrogen) atoms. The minimum absolute atomic E-state index is 0.156. The number of methoxy groups -OCH3 is 1. The molecule has 116 valence electrons. The molecule has 6 nitrogen and oxygen atoms in total. The van der Waals surface area contributed by atoms with Crippen LogP contribution in [0.4, 0.5) is 0 Å². The highest BCUT2D eigenvalue weighted by atomic mass is 16.5. The third-order valence-corrected chi connectivity index (χ3v) is 2.93. The Morgan fingerprint density at radius 2 is 1.86 bits per heavy atom. The van der Waals surface area contributed by atoms with E-state index in [2.05, 4.69) is 10.9 Å². The molecule has 0 radical (unpaired) electrons. The first-order valence-electron chi connectivity index (χ1n) is 6.88. The average Bonchev–Trinajstić information content (AvgIpc) is 2.50. The fourth-order valence-electron chi connectivity index (χ4n) is 1.65. The lowest BCUT2D eigenvalue weighted by atomic mass is 10.1. The number of benzene rings is 1. The van der Waals surface area contributed by atoms with E-state index in [1.54, 1.807) is 6.92 Å². The molecule has 1 aromatic carbocycles. The van der Waals surface area contributed by atoms with Gasteiger partial charge in [0.15, 0.2) is 6.61 Å². The van der Waals surface area contributed by atoms with Crippen molar-refractivity contribution < 1.29 is 19.1 Å². The minimum Gasteiger partial charge on any atom is -0.483 e. The summed E-state index contributed by atoms with van der Waals surface area (Å²) in [6.45, 7) is 3.63. The maximum Gasteiger partial charge on any atom is 0.276 e. The summed E-state index contributed by atoms with van der Waals surface area (Å²) in [5.74, 6) is -0.0551. The third-order valence-electron chi connectivity index (χ3n) is 2.93. The van der Waals surface area contributed by atoms with E-state index in [0.717, 1.165) is 12.0 Å². The van der Waals surface area contributed by atoms with Crippen LogP contribution in [-0.2, 0) is 20.7 Å². The molecular weight excluding hydrogens is 272 g/mol. The summed E-state index contributed by atoms with van der Waals surface area (Å²) in [5, 5.41) is 0. The van der Waals surface area contributed by atoms with Crippen LogP contribution in [0.25, 0.3) is 0 Å². The molecule has 2 N–H and O–H groups in total. The quantitative estimate of drug-likeness (QED) is 0.741. The number of hydrazine groups is 1. The largest absolute Gasteiger partial charge is 0.483 e. The van der Waals surface area contributed by atoms with Gasteiger partial charge in [0.1, 0.15) is 5.75 Å². The standard InChI is InChI=1S/C15H22N2O4/c1-4-12-7-5-6-8-13(12)21-10-15(19)17-16-14(18)9-11(2)20-3/h5-8,11H,4,9-10H2,1-3H3,(H,16,18)(H,17,19). The summed E-state index contributed by atoms with van der Waals surface area (Å²) < 4.78 is 10.4. The van der Waals surface area contributed by atoms with Crippen molar-refractivity contribution in [3.8, 4) is 5.75 Å². The number of ether oxygens (including phenoxy) is 2. The lowest BCUT2D eigenvalue weighted by molar-refractivity contribution is -0.131. The average molecular weight is 294 g/mol. The van der Waals surface area contributed by atoms with Crippen LogP contribution in [0, 0.1) is 0 Å². The maximum absolute atomic E-state index is 11.6. The number of carbonyl (C=O) groups excluding carboxylic acids is 2. The van der Waals surface area contributed by atoms with Crippen molar-refractivity contribution in [1.82, 2.24) is 10.9 Å². The number of hydrogen-bond donors (Lipinski definition) is 2. The first-order chi connectivity index (χ1) is 10.1. The molecule has 1 aromatic rings. The molecule has 0 aliphatic heterocycles. The van der Waals surface area contributed by atoms with E-state index in [1.165, 1.54) is 7.11 Å². The molecule has 0 aliphatic carbocycles. The Hall–Kier alpha value is -2.08. The number of hydrogen-bond acceptors (Lipinski definition) is 4. The van der Waals surface area contributed by atoms with Gasteiger partial charge in [0.05, 0.1) is 12.5 Å². The molecule has 6 heteroatoms. The van der Waals surface area contributed by atoms with Crippen molar-refractivity contribution in [2.75, 3.05) is 13.7 Å². The highest BCUT2D eigenvalue weighted by Gasteiger charge is 2.10. The van der Waals surface area contributed by atoms with Gasteiger partial charge in [0, 0.05) is 7.11 Å². The summed E-state index contributed by atoms with van der Waals surface area (Å²) in [5.41, 5.74) is 5.65. The van der Waals surface area contributed by atoms with E-state index in [4.69, 9.17) is 9.47 Å². The van der Waals surface area contributed by atoms with Crippen molar-refractivity contribution in [1.29, 1.82) is 0 Å². The molecule has 0 spiro atoms. The second kappa shape index (κ2) is 8.97. The molecule has 0 bridgehead atoms. The van der Waals surface area contributed by atoms with Gasteiger partial charge in [0.25, 0.3) is 5.91 Å². The summed E-state index contributed by atoms with van der Waals surface area (Å²) in [6, 6.07) is 7.52. The van der Waals surface area contributed by atoms with E-state index >= 15 is 0 Å². The predicted octanol–water partition coefficient (Wildman–Crippen LogP) is 1.20. The first-order valence-corrected chi connectivity index (χ1v) is 6.88. The van der Waals surface area contributed by atoms with Gasteiger partial charge in [-0.15, -0.1) is 0 Å². The normalized spacial score (nSPS) is 11.6. The summed E-state index contributed by atoms with van der Waals surface area (Å²) in [6.07, 6.45) is 0.800. The van der Waals surface area contributed by atoms with Gasteiger partial charge in [-0.2, -0.15) is 0 Å². The Morgan fingerprint density at radius 3 is 2.52 bits per heavy atom. The highest BCUT2D eigenvalue weighted by Crippen LogP contribution is 2.17. The molecule has 1 unspecified atom stereocenters. The molecule has 0 aromatic heterocycles. The van der Waals surface area contributed by atoms with Crippen LogP contribution >= 0.6 is 0 Å². The van der Waals surface area contributed by atoms with Gasteiger partial charge < -0.3 is 9.47 Å². The van der Waals surface area contributed by atoms with Crippen molar-refractivity contribution in [2.24, 2.45) is 0 Å². The van der Waals surface area contributed by atoms with Gasteiger partial charge in [-0.05, 0) is 25.0 Å². The topological polar surface area (TPSA) is 76.7 Å².